The van der Waals surface area contributed by atoms with E-state index in [0.29, 0.717) is 25.7 Å². The second-order valence-electron chi connectivity index (χ2n) is 15.6. The molecular weight excluding hydrogens is 989 g/mol. The summed E-state index contributed by atoms with van der Waals surface area (Å²) < 4.78 is 51.4. The van der Waals surface area contributed by atoms with Gasteiger partial charge in [0.1, 0.15) is 13.2 Å². The number of aliphatic hydroxyl groups excluding tert-OH is 4. The van der Waals surface area contributed by atoms with Gasteiger partial charge in [-0.05, 0) is 32.1 Å². The molecule has 0 radical (unpaired) electrons. The minimum Gasteiger partial charge on any atom is -0.481 e. The Morgan fingerprint density at radius 1 is 0.514 bits per heavy atom. The SMILES string of the molecule is CCC(CO)OC(CO)OC.CCC(CO)OC(COC(=O)CCCC(=O)NCCNC(=O)CCOCCOCCNC(=O)CCN1C(=O)C=CC1=O)OC.CCC(CO)OC(COC(=O)CCCC(=O)O)OC. The Labute approximate surface area is 433 Å². The van der Waals surface area contributed by atoms with Crippen molar-refractivity contribution in [2.45, 2.75) is 129 Å². The van der Waals surface area contributed by atoms with Gasteiger partial charge in [-0.3, -0.25) is 43.3 Å². The lowest BCUT2D eigenvalue weighted by molar-refractivity contribution is -0.194. The zero-order chi connectivity index (χ0) is 55.9. The van der Waals surface area contributed by atoms with Gasteiger partial charge in [0.05, 0.1) is 71.2 Å². The van der Waals surface area contributed by atoms with E-state index in [0.717, 1.165) is 4.90 Å². The summed E-state index contributed by atoms with van der Waals surface area (Å²) in [5.74, 6) is -3.58. The number of aliphatic carboxylic acids is 1. The van der Waals surface area contributed by atoms with Crippen molar-refractivity contribution < 1.29 is 111 Å². The normalized spacial score (nSPS) is 14.3. The van der Waals surface area contributed by atoms with Crippen LogP contribution in [0.25, 0.3) is 0 Å². The molecule has 8 N–H and O–H groups in total. The monoisotopic (exact) mass is 1070 g/mol. The van der Waals surface area contributed by atoms with Gasteiger partial charge in [0, 0.05) is 98.2 Å². The molecule has 1 rings (SSSR count). The lowest BCUT2D eigenvalue weighted by Crippen LogP contribution is -2.35. The first-order valence-electron chi connectivity index (χ1n) is 24.5. The summed E-state index contributed by atoms with van der Waals surface area (Å²) in [7, 11) is 4.27. The summed E-state index contributed by atoms with van der Waals surface area (Å²) >= 11 is 0. The molecule has 6 atom stereocenters. The molecule has 6 unspecified atom stereocenters. The highest BCUT2D eigenvalue weighted by Gasteiger charge is 2.24. The third-order valence-electron chi connectivity index (χ3n) is 9.91. The zero-order valence-corrected chi connectivity index (χ0v) is 43.8. The fourth-order valence-electron chi connectivity index (χ4n) is 5.47. The molecule has 0 saturated carbocycles. The summed E-state index contributed by atoms with van der Waals surface area (Å²) in [5, 5.41) is 51.9. The van der Waals surface area contributed by atoms with Crippen molar-refractivity contribution in [1.82, 2.24) is 20.9 Å². The maximum atomic E-state index is 11.9. The number of hydrogen-bond acceptors (Lipinski definition) is 22. The number of carbonyl (C=O) groups is 8. The quantitative estimate of drug-likeness (QED) is 0.0154. The molecule has 27 nitrogen and oxygen atoms in total. The van der Waals surface area contributed by atoms with Crippen LogP contribution in [0.3, 0.4) is 0 Å². The number of methoxy groups -OCH3 is 3. The van der Waals surface area contributed by atoms with Crippen LogP contribution in [0, 0.1) is 0 Å². The van der Waals surface area contributed by atoms with E-state index in [4.69, 9.17) is 67.8 Å². The van der Waals surface area contributed by atoms with Crippen LogP contribution in [-0.4, -0.2) is 229 Å². The highest BCUT2D eigenvalue weighted by Crippen LogP contribution is 2.08. The molecule has 0 saturated heterocycles. The van der Waals surface area contributed by atoms with Gasteiger partial charge in [-0.2, -0.15) is 0 Å². The lowest BCUT2D eigenvalue weighted by Gasteiger charge is -2.21. The van der Waals surface area contributed by atoms with Crippen molar-refractivity contribution in [2.75, 3.05) is 114 Å². The molecule has 0 bridgehead atoms. The number of aliphatic hydroxyl groups is 4. The summed E-state index contributed by atoms with van der Waals surface area (Å²) in [6.07, 6.45) is 1.90. The number of amides is 5. The molecule has 0 aliphatic carbocycles. The number of nitrogens with one attached hydrogen (secondary N) is 3. The molecule has 5 amide bonds. The zero-order valence-electron chi connectivity index (χ0n) is 43.8. The van der Waals surface area contributed by atoms with Gasteiger partial charge in [0.25, 0.3) is 11.8 Å². The first-order chi connectivity index (χ1) is 35.5. The summed E-state index contributed by atoms with van der Waals surface area (Å²) in [5.41, 5.74) is 0. The van der Waals surface area contributed by atoms with Gasteiger partial charge in [-0.15, -0.1) is 0 Å². The third-order valence-corrected chi connectivity index (χ3v) is 9.91. The molecule has 1 aliphatic rings. The maximum absolute atomic E-state index is 11.9. The molecule has 27 heteroatoms. The van der Waals surface area contributed by atoms with Crippen LogP contribution in [0.4, 0.5) is 0 Å². The van der Waals surface area contributed by atoms with E-state index in [1.165, 1.54) is 33.5 Å². The molecule has 0 aromatic heterocycles. The standard InChI is InChI=1S/C28H46N4O12.C12H22O7.C7H16O4/c1-3-21(19-33)44-28(40-2)20-43-27(39)6-4-5-22(34)29-11-12-30-24(36)10-15-41-17-18-42-16-13-31-23(35)9-14-32-25(37)7-8-26(32)38;1-3-9(7-13)19-12(17-2)8-18-11(16)6-4-5-10(14)15;1-3-6(4-8)11-7(5-9)10-2/h7-8,21,28,33H,3-6,9-20H2,1-2H3,(H,29,34)(H,30,36)(H,31,35);9,12-13H,3-8H2,1-2H3,(H,14,15);6-9H,3-5H2,1-2H3. The number of carboxylic acid groups (broad SMARTS) is 1. The van der Waals surface area contributed by atoms with Crippen molar-refractivity contribution in [3.8, 4) is 0 Å². The van der Waals surface area contributed by atoms with E-state index in [1.54, 1.807) is 0 Å². The molecular formula is C47H84N4O23. The second kappa shape index (κ2) is 47.9. The van der Waals surface area contributed by atoms with Crippen LogP contribution in [0.2, 0.25) is 0 Å². The lowest BCUT2D eigenvalue weighted by atomic mass is 10.2. The largest absolute Gasteiger partial charge is 0.481 e. The van der Waals surface area contributed by atoms with Gasteiger partial charge >= 0.3 is 17.9 Å². The van der Waals surface area contributed by atoms with Crippen LogP contribution >= 0.6 is 0 Å². The van der Waals surface area contributed by atoms with Gasteiger partial charge in [-0.25, -0.2) is 0 Å². The van der Waals surface area contributed by atoms with Crippen molar-refractivity contribution in [1.29, 1.82) is 0 Å². The average Bonchev–Trinajstić information content (AvgIpc) is 3.72. The Balaban J connectivity index is 0. The Kier molecular flexibility index (Phi) is 46.1. The minimum atomic E-state index is -0.945. The first-order valence-corrected chi connectivity index (χ1v) is 24.5. The smallest absolute Gasteiger partial charge is 0.305 e. The molecule has 0 spiro atoms. The number of carboxylic acids is 1. The van der Waals surface area contributed by atoms with Crippen LogP contribution in [0.1, 0.15) is 91.4 Å². The van der Waals surface area contributed by atoms with E-state index in [9.17, 15) is 43.5 Å². The minimum absolute atomic E-state index is 0.00954. The summed E-state index contributed by atoms with van der Waals surface area (Å²) in [4.78, 5) is 92.9. The summed E-state index contributed by atoms with van der Waals surface area (Å²) in [6, 6.07) is 0. The Bertz CT molecular complexity index is 1530. The Morgan fingerprint density at radius 3 is 1.34 bits per heavy atom. The molecule has 430 valence electrons. The maximum Gasteiger partial charge on any atom is 0.305 e. The molecule has 0 aromatic carbocycles. The number of ether oxygens (including phenoxy) is 10. The fraction of sp³-hybridized carbons (Fsp3) is 0.787. The highest BCUT2D eigenvalue weighted by atomic mass is 16.7. The number of rotatable bonds is 43. The van der Waals surface area contributed by atoms with E-state index in [-0.39, 0.29) is 167 Å². The summed E-state index contributed by atoms with van der Waals surface area (Å²) in [6.45, 7) is 6.61. The molecule has 74 heavy (non-hydrogen) atoms. The third kappa shape index (κ3) is 39.7. The Hall–Kier alpha value is -4.78. The van der Waals surface area contributed by atoms with Gasteiger partial charge < -0.3 is 88.9 Å². The second-order valence-corrected chi connectivity index (χ2v) is 15.6. The number of esters is 2. The van der Waals surface area contributed by atoms with Crippen molar-refractivity contribution in [3.63, 3.8) is 0 Å². The van der Waals surface area contributed by atoms with E-state index in [1.807, 2.05) is 20.8 Å². The van der Waals surface area contributed by atoms with Crippen LogP contribution in [0.15, 0.2) is 12.2 Å². The molecule has 1 heterocycles. The van der Waals surface area contributed by atoms with Crippen molar-refractivity contribution in [3.05, 3.63) is 12.2 Å². The molecule has 0 aromatic rings. The van der Waals surface area contributed by atoms with Crippen LogP contribution in [-0.2, 0) is 85.7 Å². The number of nitrogens with zero attached hydrogens (tertiary/aromatic N) is 1. The number of hydrogen-bond donors (Lipinski definition) is 8. The van der Waals surface area contributed by atoms with Gasteiger partial charge in [-0.1, -0.05) is 20.8 Å². The van der Waals surface area contributed by atoms with Crippen molar-refractivity contribution >= 4 is 47.4 Å². The number of carbonyl (C=O) groups excluding carboxylic acids is 7. The predicted molar refractivity (Wildman–Crippen MR) is 259 cm³/mol. The van der Waals surface area contributed by atoms with Crippen LogP contribution in [0.5, 0.6) is 0 Å². The highest BCUT2D eigenvalue weighted by molar-refractivity contribution is 6.13. The molecule has 1 aliphatic heterocycles. The fourth-order valence-corrected chi connectivity index (χ4v) is 5.47. The van der Waals surface area contributed by atoms with Gasteiger partial charge in [0.2, 0.25) is 17.7 Å². The van der Waals surface area contributed by atoms with E-state index >= 15 is 0 Å². The van der Waals surface area contributed by atoms with Gasteiger partial charge in [0.15, 0.2) is 18.9 Å². The topological polar surface area (TPSA) is 369 Å². The Morgan fingerprint density at radius 2 is 0.919 bits per heavy atom. The molecule has 0 fully saturated rings. The number of imide groups is 1. The van der Waals surface area contributed by atoms with E-state index < -0.39 is 54.7 Å². The first kappa shape index (κ1) is 71.3. The van der Waals surface area contributed by atoms with E-state index in [2.05, 4.69) is 16.0 Å². The average molecular weight is 1070 g/mol. The predicted octanol–water partition coefficient (Wildman–Crippen LogP) is -1.17. The van der Waals surface area contributed by atoms with Crippen molar-refractivity contribution in [2.24, 2.45) is 0 Å². The van der Waals surface area contributed by atoms with Crippen LogP contribution < -0.4 is 16.0 Å².